The molecule has 2 N–H and O–H groups in total. The van der Waals surface area contributed by atoms with E-state index in [0.717, 1.165) is 0 Å². The zero-order valence-corrected chi connectivity index (χ0v) is 6.58. The summed E-state index contributed by atoms with van der Waals surface area (Å²) in [4.78, 5) is 14.9. The SMILES string of the molecule is NC1=NC(=O)C2(CCOCC2)O1. The Morgan fingerprint density at radius 1 is 1.42 bits per heavy atom. The number of aliphatic imine (C=N–C) groups is 1. The fourth-order valence-electron chi connectivity index (χ4n) is 1.49. The van der Waals surface area contributed by atoms with Crippen LogP contribution in [0.5, 0.6) is 0 Å². The smallest absolute Gasteiger partial charge is 0.294 e. The number of carbonyl (C=O) groups excluding carboxylic acids is 1. The summed E-state index contributed by atoms with van der Waals surface area (Å²) in [5, 5.41) is 0. The number of ether oxygens (including phenoxy) is 2. The Morgan fingerprint density at radius 2 is 2.08 bits per heavy atom. The van der Waals surface area contributed by atoms with Gasteiger partial charge < -0.3 is 15.2 Å². The Balaban J connectivity index is 2.17. The molecular weight excluding hydrogens is 160 g/mol. The zero-order valence-electron chi connectivity index (χ0n) is 6.58. The van der Waals surface area contributed by atoms with Crippen LogP contribution in [-0.2, 0) is 14.3 Å². The lowest BCUT2D eigenvalue weighted by molar-refractivity contribution is -0.138. The maximum atomic E-state index is 11.3. The molecule has 5 nitrogen and oxygen atoms in total. The molecule has 0 aliphatic carbocycles. The summed E-state index contributed by atoms with van der Waals surface area (Å²) in [6.07, 6.45) is 1.10. The largest absolute Gasteiger partial charge is 0.448 e. The van der Waals surface area contributed by atoms with Crippen LogP contribution in [0.2, 0.25) is 0 Å². The van der Waals surface area contributed by atoms with Crippen molar-refractivity contribution < 1.29 is 14.3 Å². The first-order valence-electron chi connectivity index (χ1n) is 3.88. The van der Waals surface area contributed by atoms with Crippen molar-refractivity contribution in [3.05, 3.63) is 0 Å². The lowest BCUT2D eigenvalue weighted by Crippen LogP contribution is -2.43. The van der Waals surface area contributed by atoms with E-state index in [1.807, 2.05) is 0 Å². The van der Waals surface area contributed by atoms with Gasteiger partial charge in [0.05, 0.1) is 13.2 Å². The number of rotatable bonds is 0. The number of nitrogens with two attached hydrogens (primary N) is 1. The molecule has 0 aromatic heterocycles. The summed E-state index contributed by atoms with van der Waals surface area (Å²) in [7, 11) is 0. The average molecular weight is 170 g/mol. The van der Waals surface area contributed by atoms with E-state index in [0.29, 0.717) is 26.1 Å². The van der Waals surface area contributed by atoms with Gasteiger partial charge in [0.2, 0.25) is 0 Å². The van der Waals surface area contributed by atoms with Gasteiger partial charge in [-0.05, 0) is 0 Å². The van der Waals surface area contributed by atoms with E-state index in [1.54, 1.807) is 0 Å². The number of nitrogens with zero attached hydrogens (tertiary/aromatic N) is 1. The Labute approximate surface area is 69.5 Å². The molecule has 1 spiro atoms. The monoisotopic (exact) mass is 170 g/mol. The molecule has 0 aromatic rings. The van der Waals surface area contributed by atoms with Gasteiger partial charge in [-0.25, -0.2) is 0 Å². The highest BCUT2D eigenvalue weighted by Gasteiger charge is 2.47. The van der Waals surface area contributed by atoms with Crippen LogP contribution >= 0.6 is 0 Å². The van der Waals surface area contributed by atoms with Crippen molar-refractivity contribution in [3.8, 4) is 0 Å². The highest BCUT2D eigenvalue weighted by Crippen LogP contribution is 2.29. The highest BCUT2D eigenvalue weighted by molar-refractivity contribution is 6.00. The van der Waals surface area contributed by atoms with E-state index in [4.69, 9.17) is 15.2 Å². The predicted octanol–water partition coefficient (Wildman–Crippen LogP) is -0.593. The minimum absolute atomic E-state index is 0.0121. The Bertz CT molecular complexity index is 243. The van der Waals surface area contributed by atoms with Gasteiger partial charge in [-0.2, -0.15) is 4.99 Å². The third kappa shape index (κ3) is 0.972. The third-order valence-electron chi connectivity index (χ3n) is 2.20. The Morgan fingerprint density at radius 3 is 2.58 bits per heavy atom. The summed E-state index contributed by atoms with van der Waals surface area (Å²) in [5.74, 6) is -0.261. The second-order valence-electron chi connectivity index (χ2n) is 2.96. The predicted molar refractivity (Wildman–Crippen MR) is 40.5 cm³/mol. The van der Waals surface area contributed by atoms with Gasteiger partial charge in [-0.15, -0.1) is 0 Å². The van der Waals surface area contributed by atoms with E-state index in [9.17, 15) is 4.79 Å². The molecule has 2 heterocycles. The molecule has 66 valence electrons. The van der Waals surface area contributed by atoms with E-state index in [1.165, 1.54) is 0 Å². The van der Waals surface area contributed by atoms with Crippen molar-refractivity contribution in [2.75, 3.05) is 13.2 Å². The minimum atomic E-state index is -0.789. The van der Waals surface area contributed by atoms with E-state index in [2.05, 4.69) is 4.99 Å². The molecule has 0 atom stereocenters. The second-order valence-corrected chi connectivity index (χ2v) is 2.96. The Hall–Kier alpha value is -1.10. The van der Waals surface area contributed by atoms with Crippen molar-refractivity contribution in [1.82, 2.24) is 0 Å². The topological polar surface area (TPSA) is 73.9 Å². The first kappa shape index (κ1) is 7.54. The van der Waals surface area contributed by atoms with Crippen LogP contribution in [0.25, 0.3) is 0 Å². The van der Waals surface area contributed by atoms with Crippen molar-refractivity contribution in [2.24, 2.45) is 10.7 Å². The average Bonchev–Trinajstić information content (AvgIpc) is 2.29. The van der Waals surface area contributed by atoms with Crippen LogP contribution in [0.3, 0.4) is 0 Å². The van der Waals surface area contributed by atoms with Crippen molar-refractivity contribution >= 4 is 11.9 Å². The first-order valence-corrected chi connectivity index (χ1v) is 3.88. The normalized spacial score (nSPS) is 27.0. The minimum Gasteiger partial charge on any atom is -0.448 e. The molecule has 2 aliphatic heterocycles. The van der Waals surface area contributed by atoms with Gasteiger partial charge in [0.1, 0.15) is 0 Å². The van der Waals surface area contributed by atoms with Crippen LogP contribution in [0.4, 0.5) is 0 Å². The van der Waals surface area contributed by atoms with Gasteiger partial charge in [-0.1, -0.05) is 0 Å². The number of hydrogen-bond acceptors (Lipinski definition) is 4. The van der Waals surface area contributed by atoms with Crippen molar-refractivity contribution in [2.45, 2.75) is 18.4 Å². The van der Waals surface area contributed by atoms with Gasteiger partial charge in [0, 0.05) is 12.8 Å². The molecular formula is C7H10N2O3. The molecule has 0 radical (unpaired) electrons. The summed E-state index contributed by atoms with van der Waals surface area (Å²) >= 11 is 0. The van der Waals surface area contributed by atoms with E-state index in [-0.39, 0.29) is 11.9 Å². The molecule has 1 saturated heterocycles. The lowest BCUT2D eigenvalue weighted by Gasteiger charge is -2.29. The van der Waals surface area contributed by atoms with Gasteiger partial charge in [0.15, 0.2) is 5.60 Å². The number of amides is 1. The van der Waals surface area contributed by atoms with Gasteiger partial charge >= 0.3 is 0 Å². The van der Waals surface area contributed by atoms with E-state index < -0.39 is 5.60 Å². The van der Waals surface area contributed by atoms with Gasteiger partial charge in [-0.3, -0.25) is 4.79 Å². The lowest BCUT2D eigenvalue weighted by atomic mass is 9.94. The standard InChI is InChI=1S/C7H10N2O3/c8-6-9-5(10)7(12-6)1-3-11-4-2-7/h1-4H2,(H2,8,9,10). The molecule has 2 rings (SSSR count). The molecule has 1 fully saturated rings. The second kappa shape index (κ2) is 2.45. The number of carbonyl (C=O) groups is 1. The van der Waals surface area contributed by atoms with Crippen molar-refractivity contribution in [1.29, 1.82) is 0 Å². The van der Waals surface area contributed by atoms with E-state index >= 15 is 0 Å². The molecule has 0 aromatic carbocycles. The quantitative estimate of drug-likeness (QED) is 0.527. The summed E-state index contributed by atoms with van der Waals surface area (Å²) in [5.41, 5.74) is 4.51. The summed E-state index contributed by atoms with van der Waals surface area (Å²) in [6, 6.07) is -0.0121. The molecule has 12 heavy (non-hydrogen) atoms. The molecule has 5 heteroatoms. The first-order chi connectivity index (χ1) is 5.73. The molecule has 0 unspecified atom stereocenters. The van der Waals surface area contributed by atoms with Crippen LogP contribution in [0.1, 0.15) is 12.8 Å². The Kier molecular flexibility index (Phi) is 1.54. The number of hydrogen-bond donors (Lipinski definition) is 1. The molecule has 2 aliphatic rings. The summed E-state index contributed by atoms with van der Waals surface area (Å²) in [6.45, 7) is 1.07. The number of amidine groups is 1. The maximum absolute atomic E-state index is 11.3. The molecule has 0 saturated carbocycles. The van der Waals surface area contributed by atoms with Gasteiger partial charge in [0.25, 0.3) is 11.9 Å². The van der Waals surface area contributed by atoms with Crippen molar-refractivity contribution in [3.63, 3.8) is 0 Å². The van der Waals surface area contributed by atoms with Crippen LogP contribution in [0.15, 0.2) is 4.99 Å². The summed E-state index contributed by atoms with van der Waals surface area (Å²) < 4.78 is 10.3. The third-order valence-corrected chi connectivity index (χ3v) is 2.20. The zero-order chi connectivity index (χ0) is 8.60. The fourth-order valence-corrected chi connectivity index (χ4v) is 1.49. The molecule has 0 bridgehead atoms. The highest BCUT2D eigenvalue weighted by atomic mass is 16.5. The van der Waals surface area contributed by atoms with Crippen LogP contribution in [-0.4, -0.2) is 30.7 Å². The van der Waals surface area contributed by atoms with Crippen LogP contribution in [0, 0.1) is 0 Å². The molecule has 1 amide bonds. The van der Waals surface area contributed by atoms with Crippen LogP contribution < -0.4 is 5.73 Å². The maximum Gasteiger partial charge on any atom is 0.294 e. The fraction of sp³-hybridized carbons (Fsp3) is 0.714.